The van der Waals surface area contributed by atoms with Crippen molar-refractivity contribution in [2.45, 2.75) is 13.8 Å². The Balaban J connectivity index is 3.03. The van der Waals surface area contributed by atoms with E-state index in [4.69, 9.17) is 9.47 Å². The molecule has 0 aliphatic carbocycles. The predicted molar refractivity (Wildman–Crippen MR) is 53.2 cm³/mol. The number of ether oxygens (including phenoxy) is 2. The standard InChI is InChI=1S/C9H12N2O4/c1-3-14-7-5-8(15-4-2)9(10-6-7)11(12)13/h5-6H,3-4H2,1-2H3. The van der Waals surface area contributed by atoms with Gasteiger partial charge in [0.1, 0.15) is 0 Å². The summed E-state index contributed by atoms with van der Waals surface area (Å²) in [4.78, 5) is 13.7. The first-order valence-corrected chi connectivity index (χ1v) is 4.59. The molecule has 1 rings (SSSR count). The molecule has 0 saturated heterocycles. The highest BCUT2D eigenvalue weighted by atomic mass is 16.6. The molecule has 0 N–H and O–H groups in total. The largest absolute Gasteiger partial charge is 0.490 e. The molecule has 1 aromatic heterocycles. The van der Waals surface area contributed by atoms with Gasteiger partial charge in [0.2, 0.25) is 5.75 Å². The molecule has 0 aliphatic heterocycles. The Bertz CT molecular complexity index is 354. The summed E-state index contributed by atoms with van der Waals surface area (Å²) in [7, 11) is 0. The van der Waals surface area contributed by atoms with E-state index in [1.54, 1.807) is 6.92 Å². The van der Waals surface area contributed by atoms with Crippen LogP contribution in [0.15, 0.2) is 12.3 Å². The monoisotopic (exact) mass is 212 g/mol. The summed E-state index contributed by atoms with van der Waals surface area (Å²) in [6, 6.07) is 1.47. The van der Waals surface area contributed by atoms with Crippen LogP contribution in [0.5, 0.6) is 11.5 Å². The molecule has 0 radical (unpaired) electrons. The van der Waals surface area contributed by atoms with Crippen LogP contribution in [-0.4, -0.2) is 23.1 Å². The van der Waals surface area contributed by atoms with E-state index >= 15 is 0 Å². The molecule has 0 spiro atoms. The zero-order valence-electron chi connectivity index (χ0n) is 8.60. The first-order valence-electron chi connectivity index (χ1n) is 4.59. The number of aromatic nitrogens is 1. The van der Waals surface area contributed by atoms with Crippen molar-refractivity contribution < 1.29 is 14.4 Å². The van der Waals surface area contributed by atoms with Gasteiger partial charge in [-0.2, -0.15) is 0 Å². The Morgan fingerprint density at radius 3 is 2.60 bits per heavy atom. The number of hydrogen-bond donors (Lipinski definition) is 0. The molecule has 0 bridgehead atoms. The molecule has 82 valence electrons. The summed E-state index contributed by atoms with van der Waals surface area (Å²) >= 11 is 0. The SMILES string of the molecule is CCOc1cnc([N+](=O)[O-])c(OCC)c1. The third kappa shape index (κ3) is 2.80. The van der Waals surface area contributed by atoms with E-state index in [0.717, 1.165) is 0 Å². The number of hydrogen-bond acceptors (Lipinski definition) is 5. The summed E-state index contributed by atoms with van der Waals surface area (Å²) in [6.07, 6.45) is 1.31. The van der Waals surface area contributed by atoms with Gasteiger partial charge in [-0.25, -0.2) is 0 Å². The van der Waals surface area contributed by atoms with E-state index < -0.39 is 4.92 Å². The van der Waals surface area contributed by atoms with Crippen molar-refractivity contribution in [3.8, 4) is 11.5 Å². The minimum atomic E-state index is -0.583. The summed E-state index contributed by atoms with van der Waals surface area (Å²) in [5.74, 6) is 0.306. The van der Waals surface area contributed by atoms with E-state index in [-0.39, 0.29) is 11.6 Å². The van der Waals surface area contributed by atoms with E-state index in [1.165, 1.54) is 12.3 Å². The van der Waals surface area contributed by atoms with Crippen LogP contribution in [0.4, 0.5) is 5.82 Å². The molecule has 1 heterocycles. The second kappa shape index (κ2) is 5.14. The Labute approximate surface area is 87.0 Å². The summed E-state index contributed by atoms with van der Waals surface area (Å²) in [6.45, 7) is 4.39. The van der Waals surface area contributed by atoms with Gasteiger partial charge in [-0.05, 0) is 23.8 Å². The maximum atomic E-state index is 10.6. The van der Waals surface area contributed by atoms with Crippen LogP contribution < -0.4 is 9.47 Å². The Hall–Kier alpha value is -1.85. The predicted octanol–water partition coefficient (Wildman–Crippen LogP) is 1.79. The average Bonchev–Trinajstić information content (AvgIpc) is 2.18. The zero-order chi connectivity index (χ0) is 11.3. The van der Waals surface area contributed by atoms with Crippen LogP contribution in [-0.2, 0) is 0 Å². The normalized spacial score (nSPS) is 9.73. The molecule has 0 fully saturated rings. The number of pyridine rings is 1. The molecule has 0 amide bonds. The number of nitrogens with zero attached hydrogens (tertiary/aromatic N) is 2. The van der Waals surface area contributed by atoms with Gasteiger partial charge in [-0.1, -0.05) is 0 Å². The van der Waals surface area contributed by atoms with Crippen molar-refractivity contribution in [3.05, 3.63) is 22.4 Å². The van der Waals surface area contributed by atoms with E-state index in [1.807, 2.05) is 6.92 Å². The van der Waals surface area contributed by atoms with Crippen LogP contribution in [0.2, 0.25) is 0 Å². The molecule has 0 saturated carbocycles. The Kier molecular flexibility index (Phi) is 3.84. The zero-order valence-corrected chi connectivity index (χ0v) is 8.60. The lowest BCUT2D eigenvalue weighted by Crippen LogP contribution is -2.01. The average molecular weight is 212 g/mol. The molecule has 0 unspecified atom stereocenters. The molecule has 6 heteroatoms. The van der Waals surface area contributed by atoms with Gasteiger partial charge in [-0.3, -0.25) is 0 Å². The quantitative estimate of drug-likeness (QED) is 0.549. The van der Waals surface area contributed by atoms with Crippen molar-refractivity contribution >= 4 is 5.82 Å². The van der Waals surface area contributed by atoms with Crippen molar-refractivity contribution in [2.24, 2.45) is 0 Å². The van der Waals surface area contributed by atoms with Gasteiger partial charge in [0, 0.05) is 6.07 Å². The molecule has 0 atom stereocenters. The van der Waals surface area contributed by atoms with Crippen molar-refractivity contribution in [1.29, 1.82) is 0 Å². The molecular weight excluding hydrogens is 200 g/mol. The fourth-order valence-corrected chi connectivity index (χ4v) is 1.06. The van der Waals surface area contributed by atoms with Crippen molar-refractivity contribution in [1.82, 2.24) is 4.98 Å². The maximum Gasteiger partial charge on any atom is 0.406 e. The van der Waals surface area contributed by atoms with Crippen LogP contribution in [0.1, 0.15) is 13.8 Å². The van der Waals surface area contributed by atoms with E-state index in [0.29, 0.717) is 19.0 Å². The maximum absolute atomic E-state index is 10.6. The van der Waals surface area contributed by atoms with E-state index in [2.05, 4.69) is 4.98 Å². The van der Waals surface area contributed by atoms with Crippen LogP contribution >= 0.6 is 0 Å². The molecular formula is C9H12N2O4. The number of rotatable bonds is 5. The molecule has 0 aliphatic rings. The van der Waals surface area contributed by atoms with Crippen LogP contribution in [0.3, 0.4) is 0 Å². The third-order valence-electron chi connectivity index (χ3n) is 1.59. The molecule has 0 aromatic carbocycles. The second-order valence-corrected chi connectivity index (χ2v) is 2.62. The van der Waals surface area contributed by atoms with Gasteiger partial charge < -0.3 is 19.6 Å². The highest BCUT2D eigenvalue weighted by molar-refractivity contribution is 5.43. The fourth-order valence-electron chi connectivity index (χ4n) is 1.06. The van der Waals surface area contributed by atoms with Gasteiger partial charge in [-0.15, -0.1) is 0 Å². The fraction of sp³-hybridized carbons (Fsp3) is 0.444. The van der Waals surface area contributed by atoms with Gasteiger partial charge in [0.15, 0.2) is 11.9 Å². The van der Waals surface area contributed by atoms with Gasteiger partial charge >= 0.3 is 5.82 Å². The smallest absolute Gasteiger partial charge is 0.406 e. The van der Waals surface area contributed by atoms with Gasteiger partial charge in [0.25, 0.3) is 0 Å². The highest BCUT2D eigenvalue weighted by Gasteiger charge is 2.17. The molecule has 1 aromatic rings. The van der Waals surface area contributed by atoms with Crippen LogP contribution in [0.25, 0.3) is 0 Å². The topological polar surface area (TPSA) is 74.5 Å². The minimum absolute atomic E-state index is 0.133. The first-order chi connectivity index (χ1) is 7.19. The third-order valence-corrected chi connectivity index (χ3v) is 1.59. The molecule has 15 heavy (non-hydrogen) atoms. The lowest BCUT2D eigenvalue weighted by atomic mass is 10.4. The van der Waals surface area contributed by atoms with Crippen molar-refractivity contribution in [2.75, 3.05) is 13.2 Å². The molecule has 6 nitrogen and oxygen atoms in total. The van der Waals surface area contributed by atoms with E-state index in [9.17, 15) is 10.1 Å². The van der Waals surface area contributed by atoms with Crippen molar-refractivity contribution in [3.63, 3.8) is 0 Å². The summed E-state index contributed by atoms with van der Waals surface area (Å²) in [5, 5.41) is 10.6. The van der Waals surface area contributed by atoms with Gasteiger partial charge in [0.05, 0.1) is 13.2 Å². The number of nitro groups is 1. The Morgan fingerprint density at radius 1 is 1.40 bits per heavy atom. The highest BCUT2D eigenvalue weighted by Crippen LogP contribution is 2.28. The lowest BCUT2D eigenvalue weighted by Gasteiger charge is -2.05. The Morgan fingerprint density at radius 2 is 2.07 bits per heavy atom. The minimum Gasteiger partial charge on any atom is -0.490 e. The summed E-state index contributed by atoms with van der Waals surface area (Å²) < 4.78 is 10.3. The second-order valence-electron chi connectivity index (χ2n) is 2.62. The summed E-state index contributed by atoms with van der Waals surface area (Å²) in [5.41, 5.74) is 0. The lowest BCUT2D eigenvalue weighted by molar-refractivity contribution is -0.390. The first kappa shape index (κ1) is 11.2. The van der Waals surface area contributed by atoms with Crippen LogP contribution in [0, 0.1) is 10.1 Å².